The van der Waals surface area contributed by atoms with Gasteiger partial charge in [-0.05, 0) is 31.0 Å². The number of phenols is 1. The summed E-state index contributed by atoms with van der Waals surface area (Å²) in [6, 6.07) is 0.144. The monoisotopic (exact) mass is 514 g/mol. The molecule has 3 amide bonds. The van der Waals surface area contributed by atoms with Crippen LogP contribution >= 0.6 is 12.6 Å². The average molecular weight is 515 g/mol. The van der Waals surface area contributed by atoms with E-state index in [9.17, 15) is 39.3 Å². The molecule has 0 bridgehead atoms. The number of rotatable bonds is 14. The lowest BCUT2D eigenvalue weighted by atomic mass is 10.0. The van der Waals surface area contributed by atoms with Gasteiger partial charge in [0.25, 0.3) is 0 Å². The number of aliphatic hydroxyl groups excluding tert-OH is 1. The number of aliphatic carboxylic acids is 2. The summed E-state index contributed by atoms with van der Waals surface area (Å²) in [5.74, 6) is -5.43. The predicted molar refractivity (Wildman–Crippen MR) is 126 cm³/mol. The topological polar surface area (TPSA) is 228 Å². The highest BCUT2D eigenvalue weighted by Crippen LogP contribution is 2.12. The summed E-state index contributed by atoms with van der Waals surface area (Å²) < 4.78 is 0. The highest BCUT2D eigenvalue weighted by molar-refractivity contribution is 7.80. The van der Waals surface area contributed by atoms with Crippen molar-refractivity contribution in [2.45, 2.75) is 56.5 Å². The number of carbonyl (C=O) groups excluding carboxylic acids is 3. The van der Waals surface area contributed by atoms with Gasteiger partial charge in [0.2, 0.25) is 17.7 Å². The molecule has 9 N–H and O–H groups in total. The fourth-order valence-electron chi connectivity index (χ4n) is 2.89. The third kappa shape index (κ3) is 10.2. The molecule has 0 spiro atoms. The van der Waals surface area contributed by atoms with Crippen molar-refractivity contribution in [1.82, 2.24) is 16.0 Å². The Morgan fingerprint density at radius 2 is 1.49 bits per heavy atom. The normalized spacial score (nSPS) is 15.1. The Kier molecular flexibility index (Phi) is 12.0. The molecule has 1 aromatic rings. The summed E-state index contributed by atoms with van der Waals surface area (Å²) in [6.07, 6.45) is -2.40. The van der Waals surface area contributed by atoms with Crippen LogP contribution in [0.25, 0.3) is 0 Å². The van der Waals surface area contributed by atoms with E-state index in [4.69, 9.17) is 10.8 Å². The molecule has 14 heteroatoms. The van der Waals surface area contributed by atoms with Gasteiger partial charge in [-0.15, -0.1) is 0 Å². The number of benzene rings is 1. The van der Waals surface area contributed by atoms with Crippen LogP contribution in [-0.2, 0) is 30.4 Å². The lowest BCUT2D eigenvalue weighted by Crippen LogP contribution is -2.59. The van der Waals surface area contributed by atoms with E-state index in [1.165, 1.54) is 24.3 Å². The van der Waals surface area contributed by atoms with Crippen LogP contribution in [0.5, 0.6) is 5.75 Å². The molecule has 0 aliphatic heterocycles. The van der Waals surface area contributed by atoms with Crippen molar-refractivity contribution < 1.29 is 44.4 Å². The Morgan fingerprint density at radius 3 is 1.97 bits per heavy atom. The van der Waals surface area contributed by atoms with Crippen LogP contribution in [0.15, 0.2) is 24.3 Å². The van der Waals surface area contributed by atoms with Crippen LogP contribution in [0.3, 0.4) is 0 Å². The quantitative estimate of drug-likeness (QED) is 0.124. The van der Waals surface area contributed by atoms with E-state index in [-0.39, 0.29) is 24.3 Å². The number of hydrogen-bond donors (Lipinski definition) is 9. The van der Waals surface area contributed by atoms with Gasteiger partial charge in [-0.2, -0.15) is 12.6 Å². The second-order valence-corrected chi connectivity index (χ2v) is 8.14. The van der Waals surface area contributed by atoms with E-state index in [1.807, 2.05) is 0 Å². The molecule has 13 nitrogen and oxygen atoms in total. The maximum Gasteiger partial charge on any atom is 0.328 e. The van der Waals surface area contributed by atoms with Gasteiger partial charge >= 0.3 is 11.9 Å². The standard InChI is InChI=1S/C21H30N4O9S/c1-10(26)17(21(33)34)25-20(32)15(8-11-2-4-12(27)5-3-11)24-19(31)14(6-7-16(28)29)23-18(30)13(22)9-35/h2-5,10,13-15,17,26-27,35H,6-9,22H2,1H3,(H,23,30)(H,24,31)(H,25,32)(H,28,29)(H,33,34). The Morgan fingerprint density at radius 1 is 0.943 bits per heavy atom. The highest BCUT2D eigenvalue weighted by Gasteiger charge is 2.32. The minimum absolute atomic E-state index is 0.0408. The first kappa shape index (κ1) is 29.7. The largest absolute Gasteiger partial charge is 0.508 e. The van der Waals surface area contributed by atoms with Crippen LogP contribution < -0.4 is 21.7 Å². The number of aliphatic hydroxyl groups is 1. The van der Waals surface area contributed by atoms with Crippen molar-refractivity contribution in [2.75, 3.05) is 5.75 Å². The molecule has 0 heterocycles. The molecule has 0 aliphatic rings. The molecule has 194 valence electrons. The Hall–Kier alpha value is -3.36. The van der Waals surface area contributed by atoms with Gasteiger partial charge < -0.3 is 42.1 Å². The Bertz CT molecular complexity index is 911. The van der Waals surface area contributed by atoms with E-state index in [2.05, 4.69) is 28.6 Å². The number of thiol groups is 1. The molecule has 5 atom stereocenters. The van der Waals surface area contributed by atoms with Crippen molar-refractivity contribution in [3.05, 3.63) is 29.8 Å². The molecule has 0 aromatic heterocycles. The van der Waals surface area contributed by atoms with E-state index in [0.717, 1.165) is 6.92 Å². The third-order valence-corrected chi connectivity index (χ3v) is 5.26. The molecule has 0 saturated heterocycles. The van der Waals surface area contributed by atoms with Crippen LogP contribution in [-0.4, -0.2) is 86.1 Å². The number of carboxylic acids is 2. The van der Waals surface area contributed by atoms with E-state index in [0.29, 0.717) is 5.56 Å². The van der Waals surface area contributed by atoms with Gasteiger partial charge in [0.1, 0.15) is 17.8 Å². The van der Waals surface area contributed by atoms with Crippen molar-refractivity contribution in [1.29, 1.82) is 0 Å². The number of aromatic hydroxyl groups is 1. The maximum absolute atomic E-state index is 13.0. The second kappa shape index (κ2) is 14.1. The number of amides is 3. The van der Waals surface area contributed by atoms with E-state index >= 15 is 0 Å². The molecule has 0 saturated carbocycles. The average Bonchev–Trinajstić information content (AvgIpc) is 2.79. The van der Waals surface area contributed by atoms with Gasteiger partial charge in [0, 0.05) is 18.6 Å². The van der Waals surface area contributed by atoms with Gasteiger partial charge in [-0.25, -0.2) is 4.79 Å². The first-order valence-corrected chi connectivity index (χ1v) is 11.2. The highest BCUT2D eigenvalue weighted by atomic mass is 32.1. The number of carbonyl (C=O) groups is 5. The summed E-state index contributed by atoms with van der Waals surface area (Å²) in [5, 5.41) is 44.2. The minimum Gasteiger partial charge on any atom is -0.508 e. The molecule has 5 unspecified atom stereocenters. The van der Waals surface area contributed by atoms with E-state index in [1.54, 1.807) is 0 Å². The van der Waals surface area contributed by atoms with Crippen LogP contribution in [0.1, 0.15) is 25.3 Å². The van der Waals surface area contributed by atoms with Crippen molar-refractivity contribution in [2.24, 2.45) is 5.73 Å². The first-order chi connectivity index (χ1) is 16.3. The lowest BCUT2D eigenvalue weighted by molar-refractivity contribution is -0.145. The molecular formula is C21H30N4O9S. The van der Waals surface area contributed by atoms with Crippen molar-refractivity contribution in [3.63, 3.8) is 0 Å². The third-order valence-electron chi connectivity index (χ3n) is 4.87. The Labute approximate surface area is 206 Å². The predicted octanol–water partition coefficient (Wildman–Crippen LogP) is -2.02. The Balaban J connectivity index is 3.17. The fraction of sp³-hybridized carbons (Fsp3) is 0.476. The zero-order chi connectivity index (χ0) is 26.7. The molecule has 0 aliphatic carbocycles. The number of carboxylic acid groups (broad SMARTS) is 2. The summed E-state index contributed by atoms with van der Waals surface area (Å²) in [7, 11) is 0. The summed E-state index contributed by atoms with van der Waals surface area (Å²) in [6.45, 7) is 1.16. The maximum atomic E-state index is 13.0. The van der Waals surface area contributed by atoms with Gasteiger partial charge in [0.15, 0.2) is 6.04 Å². The number of nitrogens with one attached hydrogen (secondary N) is 3. The smallest absolute Gasteiger partial charge is 0.328 e. The number of phenolic OH excluding ortho intramolecular Hbond substituents is 1. The minimum atomic E-state index is -1.67. The van der Waals surface area contributed by atoms with Crippen LogP contribution in [0.2, 0.25) is 0 Å². The molecule has 35 heavy (non-hydrogen) atoms. The number of hydrogen-bond acceptors (Lipinski definition) is 9. The lowest BCUT2D eigenvalue weighted by Gasteiger charge is -2.25. The first-order valence-electron chi connectivity index (χ1n) is 10.5. The van der Waals surface area contributed by atoms with Gasteiger partial charge in [-0.3, -0.25) is 19.2 Å². The van der Waals surface area contributed by atoms with Crippen molar-refractivity contribution >= 4 is 42.3 Å². The zero-order valence-electron chi connectivity index (χ0n) is 18.9. The molecule has 1 aromatic carbocycles. The summed E-state index contributed by atoms with van der Waals surface area (Å²) in [5.41, 5.74) is 6.08. The SMILES string of the molecule is CC(O)C(NC(=O)C(Cc1ccc(O)cc1)NC(=O)C(CCC(=O)O)NC(=O)C(N)CS)C(=O)O. The molecule has 0 radical (unpaired) electrons. The van der Waals surface area contributed by atoms with Crippen LogP contribution in [0, 0.1) is 0 Å². The van der Waals surface area contributed by atoms with Gasteiger partial charge in [-0.1, -0.05) is 12.1 Å². The van der Waals surface area contributed by atoms with E-state index < -0.39 is 66.4 Å². The second-order valence-electron chi connectivity index (χ2n) is 7.78. The fourth-order valence-corrected chi connectivity index (χ4v) is 3.06. The number of nitrogens with two attached hydrogens (primary N) is 1. The van der Waals surface area contributed by atoms with Crippen molar-refractivity contribution in [3.8, 4) is 5.75 Å². The van der Waals surface area contributed by atoms with Crippen LogP contribution in [0.4, 0.5) is 0 Å². The molecule has 0 fully saturated rings. The zero-order valence-corrected chi connectivity index (χ0v) is 19.8. The van der Waals surface area contributed by atoms with Gasteiger partial charge in [0.05, 0.1) is 12.1 Å². The molecule has 1 rings (SSSR count). The molecular weight excluding hydrogens is 484 g/mol. The summed E-state index contributed by atoms with van der Waals surface area (Å²) >= 11 is 3.90. The summed E-state index contributed by atoms with van der Waals surface area (Å²) in [4.78, 5) is 60.4.